The number of carbonyl (C=O) groups is 1. The minimum atomic E-state index is -0.434. The summed E-state index contributed by atoms with van der Waals surface area (Å²) in [6, 6.07) is 11.1. The first-order valence-electron chi connectivity index (χ1n) is 7.46. The number of rotatable bonds is 7. The summed E-state index contributed by atoms with van der Waals surface area (Å²) < 4.78 is 22.0. The van der Waals surface area contributed by atoms with Crippen LogP contribution in [0.3, 0.4) is 0 Å². The number of hydrogen-bond acceptors (Lipinski definition) is 5. The number of benzene rings is 2. The van der Waals surface area contributed by atoms with Crippen LogP contribution in [-0.4, -0.2) is 27.3 Å². The molecule has 0 saturated carbocycles. The lowest BCUT2D eigenvalue weighted by atomic mass is 10.1. The molecule has 0 radical (unpaired) electrons. The van der Waals surface area contributed by atoms with Crippen LogP contribution in [0.4, 0.5) is 0 Å². The van der Waals surface area contributed by atoms with Gasteiger partial charge in [-0.2, -0.15) is 0 Å². The quantitative estimate of drug-likeness (QED) is 0.508. The van der Waals surface area contributed by atoms with Crippen LogP contribution < -0.4 is 14.2 Å². The van der Waals surface area contributed by atoms with Crippen LogP contribution in [0, 0.1) is 0 Å². The lowest BCUT2D eigenvalue weighted by molar-refractivity contribution is -0.138. The molecule has 0 bridgehead atoms. The first-order chi connectivity index (χ1) is 12.1. The normalized spacial score (nSPS) is 10.6. The van der Waals surface area contributed by atoms with Crippen LogP contribution >= 0.6 is 15.9 Å². The van der Waals surface area contributed by atoms with Gasteiger partial charge < -0.3 is 18.9 Å². The first kappa shape index (κ1) is 18.9. The van der Waals surface area contributed by atoms with Gasteiger partial charge in [-0.25, -0.2) is 4.79 Å². The van der Waals surface area contributed by atoms with E-state index < -0.39 is 5.97 Å². The predicted molar refractivity (Wildman–Crippen MR) is 99.1 cm³/mol. The molecule has 0 amide bonds. The summed E-state index contributed by atoms with van der Waals surface area (Å²) in [4.78, 5) is 11.9. The van der Waals surface area contributed by atoms with Crippen LogP contribution in [0.2, 0.25) is 0 Å². The summed E-state index contributed by atoms with van der Waals surface area (Å²) in [5.41, 5.74) is 1.65. The van der Waals surface area contributed by atoms with Gasteiger partial charge in [0.05, 0.1) is 21.3 Å². The van der Waals surface area contributed by atoms with E-state index in [1.165, 1.54) is 27.4 Å². The average Bonchev–Trinajstić information content (AvgIpc) is 2.64. The molecule has 25 heavy (non-hydrogen) atoms. The molecule has 0 unspecified atom stereocenters. The van der Waals surface area contributed by atoms with Crippen LogP contribution in [0.15, 0.2) is 46.9 Å². The van der Waals surface area contributed by atoms with E-state index in [1.807, 2.05) is 24.3 Å². The molecule has 0 heterocycles. The highest BCUT2D eigenvalue weighted by Crippen LogP contribution is 2.38. The highest BCUT2D eigenvalue weighted by molar-refractivity contribution is 9.10. The van der Waals surface area contributed by atoms with E-state index >= 15 is 0 Å². The first-order valence-corrected chi connectivity index (χ1v) is 8.26. The zero-order valence-corrected chi connectivity index (χ0v) is 15.8. The smallest absolute Gasteiger partial charge is 0.331 e. The van der Waals surface area contributed by atoms with Crippen molar-refractivity contribution in [2.45, 2.75) is 6.61 Å². The molecule has 5 nitrogen and oxygen atoms in total. The third kappa shape index (κ3) is 5.26. The fraction of sp³-hybridized carbons (Fsp3) is 0.211. The van der Waals surface area contributed by atoms with Gasteiger partial charge in [-0.15, -0.1) is 0 Å². The molecular weight excluding hydrogens is 388 g/mol. The standard InChI is InChI=1S/C19H19BrO5/c1-22-16-10-14(11-17(23-2)19(16)24-3)6-9-18(21)25-12-13-4-7-15(20)8-5-13/h4-11H,12H2,1-3H3. The Morgan fingerprint density at radius 1 is 1.00 bits per heavy atom. The molecule has 2 aromatic rings. The molecule has 0 fully saturated rings. The summed E-state index contributed by atoms with van der Waals surface area (Å²) in [6.07, 6.45) is 2.99. The molecule has 0 N–H and O–H groups in total. The molecule has 2 aromatic carbocycles. The van der Waals surface area contributed by atoms with Gasteiger partial charge in [-0.1, -0.05) is 28.1 Å². The van der Waals surface area contributed by atoms with Gasteiger partial charge in [0.1, 0.15) is 6.61 Å². The monoisotopic (exact) mass is 406 g/mol. The van der Waals surface area contributed by atoms with Gasteiger partial charge in [0.2, 0.25) is 5.75 Å². The van der Waals surface area contributed by atoms with Gasteiger partial charge in [-0.05, 0) is 41.5 Å². The molecule has 0 aliphatic heterocycles. The Hall–Kier alpha value is -2.47. The number of esters is 1. The lowest BCUT2D eigenvalue weighted by Crippen LogP contribution is -2.00. The Morgan fingerprint density at radius 3 is 2.12 bits per heavy atom. The van der Waals surface area contributed by atoms with E-state index in [-0.39, 0.29) is 6.61 Å². The molecule has 0 spiro atoms. The van der Waals surface area contributed by atoms with Crippen molar-refractivity contribution in [1.29, 1.82) is 0 Å². The summed E-state index contributed by atoms with van der Waals surface area (Å²) >= 11 is 3.36. The molecule has 0 aromatic heterocycles. The maximum atomic E-state index is 11.9. The summed E-state index contributed by atoms with van der Waals surface area (Å²) in [5.74, 6) is 1.10. The number of hydrogen-bond donors (Lipinski definition) is 0. The maximum Gasteiger partial charge on any atom is 0.331 e. The van der Waals surface area contributed by atoms with Gasteiger partial charge in [-0.3, -0.25) is 0 Å². The molecule has 6 heteroatoms. The Labute approximate surface area is 155 Å². The number of halogens is 1. The summed E-state index contributed by atoms with van der Waals surface area (Å²) in [6.45, 7) is 0.214. The Kier molecular flexibility index (Phi) is 6.89. The number of ether oxygens (including phenoxy) is 4. The van der Waals surface area contributed by atoms with E-state index in [4.69, 9.17) is 18.9 Å². The average molecular weight is 407 g/mol. The topological polar surface area (TPSA) is 54.0 Å². The zero-order valence-electron chi connectivity index (χ0n) is 14.2. The second-order valence-electron chi connectivity index (χ2n) is 5.03. The van der Waals surface area contributed by atoms with Crippen molar-refractivity contribution < 1.29 is 23.7 Å². The number of carbonyl (C=O) groups excluding carboxylic acids is 1. The van der Waals surface area contributed by atoms with Crippen LogP contribution in [0.1, 0.15) is 11.1 Å². The van der Waals surface area contributed by atoms with Gasteiger partial charge >= 0.3 is 5.97 Å². The van der Waals surface area contributed by atoms with Gasteiger partial charge in [0.15, 0.2) is 11.5 Å². The van der Waals surface area contributed by atoms with E-state index in [1.54, 1.807) is 18.2 Å². The van der Waals surface area contributed by atoms with Crippen molar-refractivity contribution in [2.24, 2.45) is 0 Å². The minimum Gasteiger partial charge on any atom is -0.493 e. The molecular formula is C19H19BrO5. The zero-order chi connectivity index (χ0) is 18.2. The van der Waals surface area contributed by atoms with E-state index in [9.17, 15) is 4.79 Å². The molecule has 0 aliphatic carbocycles. The Morgan fingerprint density at radius 2 is 1.60 bits per heavy atom. The van der Waals surface area contributed by atoms with Crippen LogP contribution in [0.5, 0.6) is 17.2 Å². The largest absolute Gasteiger partial charge is 0.493 e. The lowest BCUT2D eigenvalue weighted by Gasteiger charge is -2.12. The second-order valence-corrected chi connectivity index (χ2v) is 5.94. The fourth-order valence-corrected chi connectivity index (χ4v) is 2.41. The van der Waals surface area contributed by atoms with Gasteiger partial charge in [0.25, 0.3) is 0 Å². The van der Waals surface area contributed by atoms with Gasteiger partial charge in [0, 0.05) is 10.5 Å². The van der Waals surface area contributed by atoms with Crippen molar-refractivity contribution >= 4 is 28.0 Å². The van der Waals surface area contributed by atoms with Crippen molar-refractivity contribution in [3.05, 3.63) is 58.1 Å². The van der Waals surface area contributed by atoms with E-state index in [0.717, 1.165) is 15.6 Å². The summed E-state index contributed by atoms with van der Waals surface area (Å²) in [5, 5.41) is 0. The highest BCUT2D eigenvalue weighted by Gasteiger charge is 2.12. The highest BCUT2D eigenvalue weighted by atomic mass is 79.9. The van der Waals surface area contributed by atoms with Crippen LogP contribution in [-0.2, 0) is 16.1 Å². The SMILES string of the molecule is COc1cc(C=CC(=O)OCc2ccc(Br)cc2)cc(OC)c1OC. The van der Waals surface area contributed by atoms with Crippen LogP contribution in [0.25, 0.3) is 6.08 Å². The molecule has 132 valence electrons. The van der Waals surface area contributed by atoms with Crippen molar-refractivity contribution in [3.63, 3.8) is 0 Å². The Bertz CT molecular complexity index is 728. The third-order valence-corrected chi connectivity index (χ3v) is 3.92. The second kappa shape index (κ2) is 9.13. The molecule has 0 saturated heterocycles. The molecule has 0 atom stereocenters. The third-order valence-electron chi connectivity index (χ3n) is 3.39. The van der Waals surface area contributed by atoms with Crippen molar-refractivity contribution in [1.82, 2.24) is 0 Å². The Balaban J connectivity index is 2.05. The molecule has 2 rings (SSSR count). The fourth-order valence-electron chi connectivity index (χ4n) is 2.15. The van der Waals surface area contributed by atoms with Crippen molar-refractivity contribution in [2.75, 3.05) is 21.3 Å². The van der Waals surface area contributed by atoms with E-state index in [0.29, 0.717) is 17.2 Å². The maximum absolute atomic E-state index is 11.9. The minimum absolute atomic E-state index is 0.214. The molecule has 0 aliphatic rings. The summed E-state index contributed by atoms with van der Waals surface area (Å²) in [7, 11) is 4.61. The number of methoxy groups -OCH3 is 3. The van der Waals surface area contributed by atoms with Crippen molar-refractivity contribution in [3.8, 4) is 17.2 Å². The van der Waals surface area contributed by atoms with E-state index in [2.05, 4.69) is 15.9 Å². The predicted octanol–water partition coefficient (Wildman–Crippen LogP) is 4.23.